The van der Waals surface area contributed by atoms with E-state index in [1.54, 1.807) is 0 Å². The number of nitrogens with one attached hydrogen (secondary N) is 1. The lowest BCUT2D eigenvalue weighted by atomic mass is 10.1. The number of nitrogens with zero attached hydrogens (tertiary/aromatic N) is 1. The van der Waals surface area contributed by atoms with Crippen molar-refractivity contribution in [3.05, 3.63) is 42.5 Å². The van der Waals surface area contributed by atoms with Gasteiger partial charge in [-0.3, -0.25) is 0 Å². The van der Waals surface area contributed by atoms with Crippen molar-refractivity contribution in [3.63, 3.8) is 0 Å². The maximum Gasteiger partial charge on any atom is 0.0412 e. The van der Waals surface area contributed by atoms with E-state index in [1.807, 2.05) is 6.08 Å². The Morgan fingerprint density at radius 3 is 2.76 bits per heavy atom. The number of hydrogen-bond donors (Lipinski definition) is 1. The molecule has 0 radical (unpaired) electrons. The molecule has 0 aliphatic rings. The Morgan fingerprint density at radius 2 is 2.12 bits per heavy atom. The van der Waals surface area contributed by atoms with E-state index in [-0.39, 0.29) is 0 Å². The van der Waals surface area contributed by atoms with E-state index in [0.29, 0.717) is 6.04 Å². The van der Waals surface area contributed by atoms with Gasteiger partial charge in [0.15, 0.2) is 0 Å². The molecule has 0 aromatic heterocycles. The van der Waals surface area contributed by atoms with Crippen molar-refractivity contribution in [3.8, 4) is 0 Å². The summed E-state index contributed by atoms with van der Waals surface area (Å²) in [6.07, 6.45) is 2.98. The highest BCUT2D eigenvalue weighted by Gasteiger charge is 2.11. The fourth-order valence-corrected chi connectivity index (χ4v) is 2.02. The lowest BCUT2D eigenvalue weighted by molar-refractivity contribution is 0.597. The summed E-state index contributed by atoms with van der Waals surface area (Å²) in [6.45, 7) is 10.1. The normalized spacial score (nSPS) is 12.2. The molecule has 0 aliphatic carbocycles. The molecule has 2 nitrogen and oxygen atoms in total. The van der Waals surface area contributed by atoms with Gasteiger partial charge in [0.1, 0.15) is 0 Å². The predicted octanol–water partition coefficient (Wildman–Crippen LogP) is 3.37. The third-order valence-corrected chi connectivity index (χ3v) is 2.99. The molecular formula is C15H24N2. The summed E-state index contributed by atoms with van der Waals surface area (Å²) >= 11 is 0. The topological polar surface area (TPSA) is 15.3 Å². The molecule has 0 fully saturated rings. The fraction of sp³-hybridized carbons (Fsp3) is 0.467. The Bertz CT molecular complexity index is 347. The number of para-hydroxylation sites is 1. The first-order valence-electron chi connectivity index (χ1n) is 6.35. The van der Waals surface area contributed by atoms with Crippen molar-refractivity contribution in [2.75, 3.05) is 25.0 Å². The summed E-state index contributed by atoms with van der Waals surface area (Å²) in [5, 5.41) is 3.47. The zero-order valence-electron chi connectivity index (χ0n) is 11.2. The van der Waals surface area contributed by atoms with Crippen LogP contribution in [-0.2, 0) is 0 Å². The van der Waals surface area contributed by atoms with E-state index in [9.17, 15) is 0 Å². The fourth-order valence-electron chi connectivity index (χ4n) is 2.02. The Morgan fingerprint density at radius 1 is 1.41 bits per heavy atom. The van der Waals surface area contributed by atoms with Gasteiger partial charge in [-0.2, -0.15) is 0 Å². The predicted molar refractivity (Wildman–Crippen MR) is 76.6 cm³/mol. The van der Waals surface area contributed by atoms with E-state index in [4.69, 9.17) is 0 Å². The Hall–Kier alpha value is -1.28. The summed E-state index contributed by atoms with van der Waals surface area (Å²) in [6, 6.07) is 8.98. The lowest BCUT2D eigenvalue weighted by Gasteiger charge is -2.25. The molecule has 0 saturated carbocycles. The molecule has 1 rings (SSSR count). The number of benzene rings is 1. The maximum atomic E-state index is 3.77. The number of hydrogen-bond acceptors (Lipinski definition) is 2. The maximum absolute atomic E-state index is 3.77. The van der Waals surface area contributed by atoms with Crippen molar-refractivity contribution in [1.29, 1.82) is 0 Å². The summed E-state index contributed by atoms with van der Waals surface area (Å²) in [5.41, 5.74) is 2.67. The van der Waals surface area contributed by atoms with Gasteiger partial charge in [-0.1, -0.05) is 31.2 Å². The van der Waals surface area contributed by atoms with Gasteiger partial charge >= 0.3 is 0 Å². The molecule has 0 spiro atoms. The van der Waals surface area contributed by atoms with E-state index in [2.05, 4.69) is 62.0 Å². The minimum Gasteiger partial charge on any atom is -0.374 e. The van der Waals surface area contributed by atoms with Crippen LogP contribution in [0.5, 0.6) is 0 Å². The van der Waals surface area contributed by atoms with Crippen LogP contribution >= 0.6 is 0 Å². The number of rotatable bonds is 7. The zero-order chi connectivity index (χ0) is 12.7. The molecule has 0 bridgehead atoms. The van der Waals surface area contributed by atoms with Crippen LogP contribution in [-0.4, -0.2) is 20.1 Å². The molecule has 0 aliphatic heterocycles. The highest BCUT2D eigenvalue weighted by molar-refractivity contribution is 5.54. The molecule has 1 atom stereocenters. The second-order valence-electron chi connectivity index (χ2n) is 4.34. The average molecular weight is 232 g/mol. The first-order valence-corrected chi connectivity index (χ1v) is 6.35. The van der Waals surface area contributed by atoms with Gasteiger partial charge in [-0.05, 0) is 31.5 Å². The molecule has 0 heterocycles. The first kappa shape index (κ1) is 13.8. The molecule has 0 saturated heterocycles. The van der Waals surface area contributed by atoms with Gasteiger partial charge in [0.25, 0.3) is 0 Å². The van der Waals surface area contributed by atoms with E-state index < -0.39 is 0 Å². The largest absolute Gasteiger partial charge is 0.374 e. The Labute approximate surface area is 105 Å². The van der Waals surface area contributed by atoms with Gasteiger partial charge < -0.3 is 10.2 Å². The van der Waals surface area contributed by atoms with Crippen LogP contribution in [0.15, 0.2) is 36.9 Å². The Balaban J connectivity index is 2.86. The van der Waals surface area contributed by atoms with Crippen LogP contribution in [0.1, 0.15) is 31.9 Å². The molecule has 1 aromatic rings. The van der Waals surface area contributed by atoms with Crippen LogP contribution in [0.4, 0.5) is 5.69 Å². The van der Waals surface area contributed by atoms with Gasteiger partial charge in [-0.15, -0.1) is 6.58 Å². The summed E-state index contributed by atoms with van der Waals surface area (Å²) < 4.78 is 0. The molecule has 1 unspecified atom stereocenters. The van der Waals surface area contributed by atoms with Crippen molar-refractivity contribution >= 4 is 5.69 Å². The standard InChI is InChI=1S/C15H24N2/c1-5-7-12-17(4)15-11-9-8-10-14(15)13(3)16-6-2/h5,8-11,13,16H,1,6-7,12H2,2-4H3. The van der Waals surface area contributed by atoms with Crippen LogP contribution in [0.2, 0.25) is 0 Å². The van der Waals surface area contributed by atoms with Crippen molar-refractivity contribution in [2.24, 2.45) is 0 Å². The van der Waals surface area contributed by atoms with Crippen LogP contribution in [0, 0.1) is 0 Å². The molecule has 1 N–H and O–H groups in total. The van der Waals surface area contributed by atoms with Gasteiger partial charge in [-0.25, -0.2) is 0 Å². The molecule has 2 heteroatoms. The van der Waals surface area contributed by atoms with Gasteiger partial charge in [0.05, 0.1) is 0 Å². The second kappa shape index (κ2) is 7.13. The zero-order valence-corrected chi connectivity index (χ0v) is 11.2. The van der Waals surface area contributed by atoms with E-state index >= 15 is 0 Å². The van der Waals surface area contributed by atoms with Crippen LogP contribution < -0.4 is 10.2 Å². The Kier molecular flexibility index (Phi) is 5.78. The van der Waals surface area contributed by atoms with E-state index in [1.165, 1.54) is 11.3 Å². The smallest absolute Gasteiger partial charge is 0.0412 e. The highest BCUT2D eigenvalue weighted by Crippen LogP contribution is 2.25. The van der Waals surface area contributed by atoms with Crippen molar-refractivity contribution < 1.29 is 0 Å². The third-order valence-electron chi connectivity index (χ3n) is 2.99. The summed E-state index contributed by atoms with van der Waals surface area (Å²) in [4.78, 5) is 2.30. The monoisotopic (exact) mass is 232 g/mol. The minimum absolute atomic E-state index is 0.391. The molecule has 94 valence electrons. The van der Waals surface area contributed by atoms with Crippen LogP contribution in [0.25, 0.3) is 0 Å². The second-order valence-corrected chi connectivity index (χ2v) is 4.34. The quantitative estimate of drug-likeness (QED) is 0.725. The van der Waals surface area contributed by atoms with Crippen molar-refractivity contribution in [2.45, 2.75) is 26.3 Å². The van der Waals surface area contributed by atoms with Crippen molar-refractivity contribution in [1.82, 2.24) is 5.32 Å². The third kappa shape index (κ3) is 3.90. The first-order chi connectivity index (χ1) is 8.20. The molecule has 17 heavy (non-hydrogen) atoms. The molecule has 0 amide bonds. The number of anilines is 1. The SMILES string of the molecule is C=CCCN(C)c1ccccc1C(C)NCC. The molecule has 1 aromatic carbocycles. The summed E-state index contributed by atoms with van der Waals surface area (Å²) in [7, 11) is 2.14. The summed E-state index contributed by atoms with van der Waals surface area (Å²) in [5.74, 6) is 0. The van der Waals surface area contributed by atoms with Gasteiger partial charge in [0, 0.05) is 25.3 Å². The van der Waals surface area contributed by atoms with Gasteiger partial charge in [0.2, 0.25) is 0 Å². The minimum atomic E-state index is 0.391. The van der Waals surface area contributed by atoms with E-state index in [0.717, 1.165) is 19.5 Å². The lowest BCUT2D eigenvalue weighted by Crippen LogP contribution is -2.24. The highest BCUT2D eigenvalue weighted by atomic mass is 15.1. The molecular weight excluding hydrogens is 208 g/mol. The average Bonchev–Trinajstić information content (AvgIpc) is 2.36. The van der Waals surface area contributed by atoms with Crippen LogP contribution in [0.3, 0.4) is 0 Å².